The maximum Gasteiger partial charge on any atom is 0.270 e. The van der Waals surface area contributed by atoms with Gasteiger partial charge in [-0.3, -0.25) is 14.9 Å². The fourth-order valence-corrected chi connectivity index (χ4v) is 3.39. The molecule has 7 heteroatoms. The molecule has 0 unspecified atom stereocenters. The number of quaternary nitrogens is 1. The van der Waals surface area contributed by atoms with E-state index >= 15 is 0 Å². The van der Waals surface area contributed by atoms with Crippen LogP contribution in [0.1, 0.15) is 28.8 Å². The minimum atomic E-state index is -0.491. The van der Waals surface area contributed by atoms with Crippen LogP contribution >= 0.6 is 11.6 Å². The lowest BCUT2D eigenvalue weighted by molar-refractivity contribution is -0.918. The van der Waals surface area contributed by atoms with E-state index in [0.29, 0.717) is 5.56 Å². The monoisotopic (exact) mass is 374 g/mol. The second kappa shape index (κ2) is 8.29. The van der Waals surface area contributed by atoms with Crippen molar-refractivity contribution in [1.29, 1.82) is 0 Å². The maximum absolute atomic E-state index is 12.3. The number of amides is 1. The molecule has 1 fully saturated rings. The maximum atomic E-state index is 12.3. The first-order valence-corrected chi connectivity index (χ1v) is 9.02. The van der Waals surface area contributed by atoms with E-state index in [9.17, 15) is 14.9 Å². The molecule has 0 bridgehead atoms. The van der Waals surface area contributed by atoms with Crippen molar-refractivity contribution in [1.82, 2.24) is 5.32 Å². The summed E-state index contributed by atoms with van der Waals surface area (Å²) in [4.78, 5) is 24.2. The Hall–Kier alpha value is -2.44. The van der Waals surface area contributed by atoms with E-state index in [1.54, 1.807) is 6.07 Å². The number of likely N-dealkylation sites (tertiary alicyclic amines) is 1. The molecule has 2 aromatic carbocycles. The number of nitrogens with zero attached hydrogens (tertiary/aromatic N) is 1. The summed E-state index contributed by atoms with van der Waals surface area (Å²) < 4.78 is 0. The van der Waals surface area contributed by atoms with E-state index in [-0.39, 0.29) is 17.6 Å². The SMILES string of the molecule is O=C(NC1CC[NH+](Cc2ccc(Cl)cc2)CC1)c1cccc([N+](=O)[O-])c1. The molecule has 2 N–H and O–H groups in total. The standard InChI is InChI=1S/C19H20ClN3O3/c20-16-6-4-14(5-7-16)13-22-10-8-17(9-11-22)21-19(24)15-2-1-3-18(12-15)23(25)26/h1-7,12,17H,8-11,13H2,(H,21,24)/p+1. The summed E-state index contributed by atoms with van der Waals surface area (Å²) in [6.07, 6.45) is 1.78. The molecule has 1 heterocycles. The van der Waals surface area contributed by atoms with Crippen LogP contribution in [0.5, 0.6) is 0 Å². The van der Waals surface area contributed by atoms with Crippen LogP contribution < -0.4 is 10.2 Å². The Morgan fingerprint density at radius 3 is 2.54 bits per heavy atom. The molecule has 3 rings (SSSR count). The molecule has 1 aliphatic heterocycles. The van der Waals surface area contributed by atoms with E-state index in [1.807, 2.05) is 24.3 Å². The molecule has 1 amide bonds. The minimum Gasteiger partial charge on any atom is -0.349 e. The topological polar surface area (TPSA) is 76.7 Å². The number of non-ortho nitro benzene ring substituents is 1. The fraction of sp³-hybridized carbons (Fsp3) is 0.316. The van der Waals surface area contributed by atoms with Crippen molar-refractivity contribution in [2.24, 2.45) is 0 Å². The zero-order valence-electron chi connectivity index (χ0n) is 14.3. The fourth-order valence-electron chi connectivity index (χ4n) is 3.27. The molecule has 0 radical (unpaired) electrons. The second-order valence-corrected chi connectivity index (χ2v) is 7.04. The number of hydrogen-bond donors (Lipinski definition) is 2. The van der Waals surface area contributed by atoms with Crippen LogP contribution in [0.2, 0.25) is 5.02 Å². The number of benzene rings is 2. The Morgan fingerprint density at radius 1 is 1.19 bits per heavy atom. The Morgan fingerprint density at radius 2 is 1.88 bits per heavy atom. The minimum absolute atomic E-state index is 0.0696. The van der Waals surface area contributed by atoms with Crippen molar-refractivity contribution in [3.63, 3.8) is 0 Å². The molecular weight excluding hydrogens is 354 g/mol. The van der Waals surface area contributed by atoms with E-state index in [2.05, 4.69) is 5.32 Å². The third-order valence-corrected chi connectivity index (χ3v) is 4.97. The van der Waals surface area contributed by atoms with Gasteiger partial charge in [-0.25, -0.2) is 0 Å². The predicted octanol–water partition coefficient (Wildman–Crippen LogP) is 2.23. The van der Waals surface area contributed by atoms with Crippen molar-refractivity contribution in [2.45, 2.75) is 25.4 Å². The van der Waals surface area contributed by atoms with Crippen molar-refractivity contribution in [3.05, 3.63) is 74.8 Å². The summed E-state index contributed by atoms with van der Waals surface area (Å²) in [5.74, 6) is -0.250. The number of nitrogens with one attached hydrogen (secondary N) is 2. The van der Waals surface area contributed by atoms with E-state index in [0.717, 1.165) is 37.5 Å². The zero-order valence-corrected chi connectivity index (χ0v) is 15.0. The molecule has 0 aromatic heterocycles. The summed E-state index contributed by atoms with van der Waals surface area (Å²) in [6.45, 7) is 2.90. The highest BCUT2D eigenvalue weighted by Crippen LogP contribution is 2.14. The highest BCUT2D eigenvalue weighted by Gasteiger charge is 2.24. The summed E-state index contributed by atoms with van der Waals surface area (Å²) in [6, 6.07) is 13.8. The van der Waals surface area contributed by atoms with Gasteiger partial charge >= 0.3 is 0 Å². The molecule has 6 nitrogen and oxygen atoms in total. The van der Waals surface area contributed by atoms with Crippen molar-refractivity contribution in [2.75, 3.05) is 13.1 Å². The summed E-state index contributed by atoms with van der Waals surface area (Å²) in [7, 11) is 0. The third kappa shape index (κ3) is 4.80. The first-order chi connectivity index (χ1) is 12.5. The van der Waals surface area contributed by atoms with Crippen molar-refractivity contribution >= 4 is 23.2 Å². The predicted molar refractivity (Wildman–Crippen MR) is 99.4 cm³/mol. The molecule has 0 saturated carbocycles. The number of nitro benzene ring substituents is 1. The molecule has 136 valence electrons. The van der Waals surface area contributed by atoms with Crippen LogP contribution in [-0.4, -0.2) is 30.0 Å². The Kier molecular flexibility index (Phi) is 5.85. The average Bonchev–Trinajstić information content (AvgIpc) is 2.65. The number of carbonyl (C=O) groups excluding carboxylic acids is 1. The molecule has 1 saturated heterocycles. The number of carbonyl (C=O) groups is 1. The van der Waals surface area contributed by atoms with Gasteiger partial charge in [0.25, 0.3) is 11.6 Å². The molecule has 0 aliphatic carbocycles. The molecule has 0 atom stereocenters. The van der Waals surface area contributed by atoms with Gasteiger partial charge in [0.1, 0.15) is 6.54 Å². The number of rotatable bonds is 5. The zero-order chi connectivity index (χ0) is 18.5. The van der Waals surface area contributed by atoms with Gasteiger partial charge in [-0.1, -0.05) is 29.8 Å². The number of piperidine rings is 1. The highest BCUT2D eigenvalue weighted by atomic mass is 35.5. The Labute approximate surface area is 156 Å². The molecule has 26 heavy (non-hydrogen) atoms. The van der Waals surface area contributed by atoms with Gasteiger partial charge < -0.3 is 10.2 Å². The largest absolute Gasteiger partial charge is 0.349 e. The Balaban J connectivity index is 1.50. The average molecular weight is 375 g/mol. The number of hydrogen-bond acceptors (Lipinski definition) is 3. The highest BCUT2D eigenvalue weighted by molar-refractivity contribution is 6.30. The lowest BCUT2D eigenvalue weighted by Crippen LogP contribution is -3.12. The first kappa shape index (κ1) is 18.4. The lowest BCUT2D eigenvalue weighted by Gasteiger charge is -2.29. The van der Waals surface area contributed by atoms with Crippen LogP contribution in [0.15, 0.2) is 48.5 Å². The second-order valence-electron chi connectivity index (χ2n) is 6.61. The van der Waals surface area contributed by atoms with Crippen molar-refractivity contribution < 1.29 is 14.6 Å². The Bertz CT molecular complexity index is 787. The molecular formula is C19H21ClN3O3+. The van der Waals surface area contributed by atoms with Crippen LogP contribution in [-0.2, 0) is 6.54 Å². The van der Waals surface area contributed by atoms with Gasteiger partial charge in [-0.15, -0.1) is 0 Å². The number of nitro groups is 1. The van der Waals surface area contributed by atoms with Gasteiger partial charge in [0.05, 0.1) is 18.0 Å². The van der Waals surface area contributed by atoms with Crippen LogP contribution in [0.4, 0.5) is 5.69 Å². The van der Waals surface area contributed by atoms with Crippen LogP contribution in [0, 0.1) is 10.1 Å². The van der Waals surface area contributed by atoms with Crippen LogP contribution in [0.25, 0.3) is 0 Å². The molecule has 2 aromatic rings. The summed E-state index contributed by atoms with van der Waals surface area (Å²) in [5, 5.41) is 14.6. The normalized spacial score (nSPS) is 19.7. The van der Waals surface area contributed by atoms with E-state index in [4.69, 9.17) is 11.6 Å². The van der Waals surface area contributed by atoms with Gasteiger partial charge in [0, 0.05) is 47.2 Å². The molecule has 1 aliphatic rings. The molecule has 0 spiro atoms. The van der Waals surface area contributed by atoms with E-state index in [1.165, 1.54) is 28.7 Å². The summed E-state index contributed by atoms with van der Waals surface area (Å²) >= 11 is 5.92. The van der Waals surface area contributed by atoms with Crippen LogP contribution in [0.3, 0.4) is 0 Å². The lowest BCUT2D eigenvalue weighted by atomic mass is 10.0. The van der Waals surface area contributed by atoms with Crippen molar-refractivity contribution in [3.8, 4) is 0 Å². The summed E-state index contributed by atoms with van der Waals surface area (Å²) in [5.41, 5.74) is 1.51. The quantitative estimate of drug-likeness (QED) is 0.622. The van der Waals surface area contributed by atoms with Gasteiger partial charge in [0.15, 0.2) is 0 Å². The van der Waals surface area contributed by atoms with E-state index < -0.39 is 4.92 Å². The first-order valence-electron chi connectivity index (χ1n) is 8.64. The smallest absolute Gasteiger partial charge is 0.270 e. The van der Waals surface area contributed by atoms with Gasteiger partial charge in [-0.05, 0) is 18.2 Å². The van der Waals surface area contributed by atoms with Gasteiger partial charge in [-0.2, -0.15) is 0 Å². The number of halogens is 1. The third-order valence-electron chi connectivity index (χ3n) is 4.71. The van der Waals surface area contributed by atoms with Gasteiger partial charge in [0.2, 0.25) is 0 Å².